The molecule has 2 fully saturated rings. The molecule has 1 heterocycles. The van der Waals surface area contributed by atoms with Crippen molar-refractivity contribution < 1.29 is 14.6 Å². The van der Waals surface area contributed by atoms with Crippen LogP contribution in [0.3, 0.4) is 0 Å². The molecule has 2 aliphatic rings. The van der Waals surface area contributed by atoms with Gasteiger partial charge in [0.05, 0.1) is 13.2 Å². The third-order valence-corrected chi connectivity index (χ3v) is 3.89. The molecule has 1 aliphatic heterocycles. The molecule has 2 rings (SSSR count). The highest BCUT2D eigenvalue weighted by molar-refractivity contribution is 9.10. The van der Waals surface area contributed by atoms with Crippen LogP contribution in [0.4, 0.5) is 0 Å². The average Bonchev–Trinajstić information content (AvgIpc) is 2.28. The fourth-order valence-corrected chi connectivity index (χ4v) is 2.38. The second-order valence-electron chi connectivity index (χ2n) is 2.82. The van der Waals surface area contributed by atoms with Crippen molar-refractivity contribution in [2.75, 3.05) is 13.2 Å². The molecule has 0 aromatic rings. The number of carboxylic acids is 1. The number of rotatable bonds is 1. The van der Waals surface area contributed by atoms with Crippen LogP contribution in [0.15, 0.2) is 0 Å². The van der Waals surface area contributed by atoms with Crippen molar-refractivity contribution in [1.82, 2.24) is 0 Å². The Bertz CT molecular complexity index is 181. The first-order chi connectivity index (χ1) is 4.67. The summed E-state index contributed by atoms with van der Waals surface area (Å²) in [5, 5.41) is 8.72. The number of carbonyl (C=O) groups is 1. The SMILES string of the molecule is O=C(O)C1(Br)[C@@H]2COC[C@@H]21. The summed E-state index contributed by atoms with van der Waals surface area (Å²) in [5.41, 5.74) is 0. The first-order valence-corrected chi connectivity index (χ1v) is 3.96. The van der Waals surface area contributed by atoms with E-state index in [9.17, 15) is 4.79 Å². The number of aliphatic carboxylic acids is 1. The normalized spacial score (nSPS) is 50.5. The van der Waals surface area contributed by atoms with E-state index >= 15 is 0 Å². The summed E-state index contributed by atoms with van der Waals surface area (Å²) in [6.45, 7) is 1.20. The van der Waals surface area contributed by atoms with Crippen molar-refractivity contribution in [2.45, 2.75) is 4.32 Å². The molecule has 3 atom stereocenters. The molecule has 56 valence electrons. The van der Waals surface area contributed by atoms with Crippen LogP contribution in [-0.2, 0) is 9.53 Å². The molecule has 0 aromatic carbocycles. The van der Waals surface area contributed by atoms with Crippen LogP contribution in [0.1, 0.15) is 0 Å². The second kappa shape index (κ2) is 1.74. The van der Waals surface area contributed by atoms with E-state index in [1.807, 2.05) is 0 Å². The maximum Gasteiger partial charge on any atom is 0.321 e. The Morgan fingerprint density at radius 3 is 2.40 bits per heavy atom. The average molecular weight is 207 g/mol. The number of halogens is 1. The van der Waals surface area contributed by atoms with E-state index in [1.54, 1.807) is 0 Å². The van der Waals surface area contributed by atoms with Gasteiger partial charge in [0.25, 0.3) is 0 Å². The fourth-order valence-electron chi connectivity index (χ4n) is 1.61. The highest BCUT2D eigenvalue weighted by Gasteiger charge is 2.71. The molecule has 1 saturated carbocycles. The molecule has 1 unspecified atom stereocenters. The lowest BCUT2D eigenvalue weighted by Gasteiger charge is -2.06. The van der Waals surface area contributed by atoms with Gasteiger partial charge in [0, 0.05) is 11.8 Å². The standard InChI is InChI=1S/C6H7BrO3/c7-6(5(8)9)3-1-10-2-4(3)6/h3-4H,1-2H2,(H,8,9)/t3-,4+,6?. The third-order valence-electron chi connectivity index (χ3n) is 2.38. The minimum Gasteiger partial charge on any atom is -0.480 e. The number of alkyl halides is 1. The Morgan fingerprint density at radius 2 is 2.10 bits per heavy atom. The molecule has 4 heteroatoms. The number of ether oxygens (including phenoxy) is 1. The van der Waals surface area contributed by atoms with Gasteiger partial charge in [-0.2, -0.15) is 0 Å². The summed E-state index contributed by atoms with van der Waals surface area (Å²) in [4.78, 5) is 10.6. The summed E-state index contributed by atoms with van der Waals surface area (Å²) in [5.74, 6) is -0.319. The number of fused-ring (bicyclic) bond motifs is 1. The molecule has 0 bridgehead atoms. The van der Waals surface area contributed by atoms with Gasteiger partial charge in [-0.05, 0) is 0 Å². The van der Waals surface area contributed by atoms with Gasteiger partial charge in [-0.25, -0.2) is 0 Å². The fraction of sp³-hybridized carbons (Fsp3) is 0.833. The first-order valence-electron chi connectivity index (χ1n) is 3.17. The lowest BCUT2D eigenvalue weighted by Crippen LogP contribution is -2.23. The minimum atomic E-state index is -0.745. The summed E-state index contributed by atoms with van der Waals surface area (Å²) in [7, 11) is 0. The van der Waals surface area contributed by atoms with Crippen LogP contribution in [0.25, 0.3) is 0 Å². The summed E-state index contributed by atoms with van der Waals surface area (Å²) >= 11 is 3.22. The van der Waals surface area contributed by atoms with Gasteiger partial charge in [0.2, 0.25) is 0 Å². The van der Waals surface area contributed by atoms with Gasteiger partial charge in [-0.15, -0.1) is 0 Å². The topological polar surface area (TPSA) is 46.5 Å². The summed E-state index contributed by atoms with van der Waals surface area (Å²) < 4.78 is 4.43. The van der Waals surface area contributed by atoms with E-state index in [4.69, 9.17) is 9.84 Å². The van der Waals surface area contributed by atoms with Crippen LogP contribution < -0.4 is 0 Å². The zero-order valence-electron chi connectivity index (χ0n) is 5.21. The highest BCUT2D eigenvalue weighted by atomic mass is 79.9. The van der Waals surface area contributed by atoms with Crippen LogP contribution in [0.5, 0.6) is 0 Å². The minimum absolute atomic E-state index is 0.213. The largest absolute Gasteiger partial charge is 0.480 e. The predicted molar refractivity (Wildman–Crippen MR) is 37.1 cm³/mol. The molecule has 3 nitrogen and oxygen atoms in total. The van der Waals surface area contributed by atoms with Crippen LogP contribution in [-0.4, -0.2) is 28.6 Å². The van der Waals surface area contributed by atoms with Gasteiger partial charge in [0.1, 0.15) is 4.32 Å². The monoisotopic (exact) mass is 206 g/mol. The van der Waals surface area contributed by atoms with Gasteiger partial charge < -0.3 is 9.84 Å². The third kappa shape index (κ3) is 0.563. The maximum absolute atomic E-state index is 10.6. The van der Waals surface area contributed by atoms with Gasteiger partial charge in [-0.1, -0.05) is 15.9 Å². The maximum atomic E-state index is 10.6. The lowest BCUT2D eigenvalue weighted by molar-refractivity contribution is -0.138. The quantitative estimate of drug-likeness (QED) is 0.636. The molecule has 10 heavy (non-hydrogen) atoms. The van der Waals surface area contributed by atoms with Crippen LogP contribution >= 0.6 is 15.9 Å². The Labute approximate surface area is 66.5 Å². The van der Waals surface area contributed by atoms with E-state index in [0.29, 0.717) is 13.2 Å². The Morgan fingerprint density at radius 1 is 1.60 bits per heavy atom. The van der Waals surface area contributed by atoms with E-state index in [1.165, 1.54) is 0 Å². The molecule has 0 spiro atoms. The van der Waals surface area contributed by atoms with Crippen LogP contribution in [0.2, 0.25) is 0 Å². The van der Waals surface area contributed by atoms with Crippen molar-refractivity contribution in [3.8, 4) is 0 Å². The lowest BCUT2D eigenvalue weighted by atomic mass is 10.3. The molecule has 0 aromatic heterocycles. The van der Waals surface area contributed by atoms with E-state index in [2.05, 4.69) is 15.9 Å². The zero-order valence-corrected chi connectivity index (χ0v) is 6.80. The van der Waals surface area contributed by atoms with Crippen LogP contribution in [0, 0.1) is 11.8 Å². The molecule has 1 N–H and O–H groups in total. The Kier molecular flexibility index (Phi) is 1.15. The summed E-state index contributed by atoms with van der Waals surface area (Å²) in [6.07, 6.45) is 0. The second-order valence-corrected chi connectivity index (χ2v) is 4.14. The molecule has 0 radical (unpaired) electrons. The van der Waals surface area contributed by atoms with Gasteiger partial charge in [-0.3, -0.25) is 4.79 Å². The zero-order chi connectivity index (χ0) is 7.35. The van der Waals surface area contributed by atoms with Crippen molar-refractivity contribution in [3.63, 3.8) is 0 Å². The predicted octanol–water partition coefficient (Wildman–Crippen LogP) is 0.481. The van der Waals surface area contributed by atoms with Crippen molar-refractivity contribution >= 4 is 21.9 Å². The molecule has 0 amide bonds. The van der Waals surface area contributed by atoms with Crippen molar-refractivity contribution in [2.24, 2.45) is 11.8 Å². The number of hydrogen-bond acceptors (Lipinski definition) is 2. The molecular formula is C6H7BrO3. The van der Waals surface area contributed by atoms with Crippen molar-refractivity contribution in [3.05, 3.63) is 0 Å². The smallest absolute Gasteiger partial charge is 0.321 e. The van der Waals surface area contributed by atoms with E-state index in [-0.39, 0.29) is 11.8 Å². The Hall–Kier alpha value is -0.0900. The molecular weight excluding hydrogens is 200 g/mol. The van der Waals surface area contributed by atoms with Crippen molar-refractivity contribution in [1.29, 1.82) is 0 Å². The van der Waals surface area contributed by atoms with E-state index in [0.717, 1.165) is 0 Å². The van der Waals surface area contributed by atoms with Gasteiger partial charge >= 0.3 is 5.97 Å². The van der Waals surface area contributed by atoms with E-state index < -0.39 is 10.3 Å². The van der Waals surface area contributed by atoms with Gasteiger partial charge in [0.15, 0.2) is 0 Å². The summed E-state index contributed by atoms with van der Waals surface area (Å²) in [6, 6.07) is 0. The molecule has 1 saturated heterocycles. The molecule has 1 aliphatic carbocycles. The number of carboxylic acid groups (broad SMARTS) is 1. The first kappa shape index (κ1) is 6.61. The Balaban J connectivity index is 2.17. The number of hydrogen-bond donors (Lipinski definition) is 1. The highest BCUT2D eigenvalue weighted by Crippen LogP contribution is 2.60.